The van der Waals surface area contributed by atoms with Gasteiger partial charge in [0, 0.05) is 44.4 Å². The number of benzene rings is 1. The van der Waals surface area contributed by atoms with Crippen LogP contribution in [0.15, 0.2) is 18.2 Å². The fraction of sp³-hybridized carbons (Fsp3) is 0.550. The highest BCUT2D eigenvalue weighted by atomic mass is 16.6. The Kier molecular flexibility index (Phi) is 4.55. The topological polar surface area (TPSA) is 104 Å². The van der Waals surface area contributed by atoms with Gasteiger partial charge in [-0.2, -0.15) is 0 Å². The third kappa shape index (κ3) is 2.63. The highest BCUT2D eigenvalue weighted by Gasteiger charge is 2.63. The zero-order chi connectivity index (χ0) is 20.9. The zero-order valence-electron chi connectivity index (χ0n) is 16.6. The monoisotopic (exact) mass is 400 g/mol. The number of non-ortho nitro benzene ring substituents is 1. The second-order valence-corrected chi connectivity index (χ2v) is 8.03. The molecule has 0 aromatic heterocycles. The molecule has 154 valence electrons. The van der Waals surface area contributed by atoms with E-state index in [2.05, 4.69) is 4.90 Å². The molecule has 1 aromatic carbocycles. The summed E-state index contributed by atoms with van der Waals surface area (Å²) in [6.45, 7) is 2.78. The Labute approximate surface area is 168 Å². The molecule has 4 amide bonds. The molecule has 29 heavy (non-hydrogen) atoms. The Balaban J connectivity index is 1.90. The number of nitrogens with zero attached hydrogens (tertiary/aromatic N) is 4. The number of anilines is 1. The van der Waals surface area contributed by atoms with Crippen LogP contribution in [0.3, 0.4) is 0 Å². The summed E-state index contributed by atoms with van der Waals surface area (Å²) in [5.41, 5.74) is -0.0493. The fourth-order valence-electron chi connectivity index (χ4n) is 5.10. The third-order valence-corrected chi connectivity index (χ3v) is 6.40. The summed E-state index contributed by atoms with van der Waals surface area (Å²) < 4.78 is 0. The number of amides is 4. The van der Waals surface area contributed by atoms with Gasteiger partial charge >= 0.3 is 6.03 Å². The number of hydrogen-bond acceptors (Lipinski definition) is 6. The number of barbiturate groups is 1. The second kappa shape index (κ2) is 6.82. The molecular weight excluding hydrogens is 376 g/mol. The summed E-state index contributed by atoms with van der Waals surface area (Å²) in [4.78, 5) is 54.8. The van der Waals surface area contributed by atoms with Gasteiger partial charge in [0.15, 0.2) is 5.41 Å². The number of nitro groups is 1. The van der Waals surface area contributed by atoms with Crippen LogP contribution < -0.4 is 4.90 Å². The Hall–Kier alpha value is -2.97. The molecule has 1 spiro atoms. The van der Waals surface area contributed by atoms with Crippen molar-refractivity contribution in [2.45, 2.75) is 45.1 Å². The van der Waals surface area contributed by atoms with E-state index in [1.807, 2.05) is 6.92 Å². The molecule has 0 N–H and O–H groups in total. The van der Waals surface area contributed by atoms with Gasteiger partial charge in [-0.25, -0.2) is 4.79 Å². The number of hydrogen-bond donors (Lipinski definition) is 0. The van der Waals surface area contributed by atoms with Crippen LogP contribution in [0.4, 0.5) is 16.2 Å². The Morgan fingerprint density at radius 1 is 1.21 bits per heavy atom. The quantitative estimate of drug-likeness (QED) is 0.438. The molecule has 0 radical (unpaired) electrons. The maximum atomic E-state index is 13.6. The lowest BCUT2D eigenvalue weighted by atomic mass is 9.65. The first-order chi connectivity index (χ1) is 13.8. The number of carbonyl (C=O) groups excluding carboxylic acids is 3. The van der Waals surface area contributed by atoms with Crippen molar-refractivity contribution in [1.82, 2.24) is 9.80 Å². The van der Waals surface area contributed by atoms with E-state index in [1.54, 1.807) is 6.07 Å². The average Bonchev–Trinajstić information content (AvgIpc) is 2.73. The first kappa shape index (κ1) is 19.4. The molecule has 9 heteroatoms. The van der Waals surface area contributed by atoms with E-state index < -0.39 is 28.2 Å². The molecule has 4 rings (SSSR count). The molecule has 3 aliphatic rings. The zero-order valence-corrected chi connectivity index (χ0v) is 16.6. The SMILES string of the molecule is CCCN1C(=O)N(C)C(=O)[C@@]2(Cc3cc([N+](=O)[O-])ccc3N3CCCC[C@@H]32)C1=O. The summed E-state index contributed by atoms with van der Waals surface area (Å²) in [7, 11) is 1.41. The van der Waals surface area contributed by atoms with Crippen LogP contribution in [-0.2, 0) is 16.0 Å². The number of imide groups is 2. The predicted octanol–water partition coefficient (Wildman–Crippen LogP) is 2.33. The molecule has 3 aliphatic heterocycles. The van der Waals surface area contributed by atoms with Crippen molar-refractivity contribution in [3.63, 3.8) is 0 Å². The van der Waals surface area contributed by atoms with E-state index in [0.717, 1.165) is 23.4 Å². The minimum absolute atomic E-state index is 0.0695. The number of piperidine rings is 1. The van der Waals surface area contributed by atoms with Gasteiger partial charge in [0.05, 0.1) is 11.0 Å². The van der Waals surface area contributed by atoms with Crippen LogP contribution in [-0.4, -0.2) is 58.7 Å². The van der Waals surface area contributed by atoms with Gasteiger partial charge in [0.2, 0.25) is 11.8 Å². The number of carbonyl (C=O) groups is 3. The van der Waals surface area contributed by atoms with E-state index in [9.17, 15) is 24.5 Å². The van der Waals surface area contributed by atoms with Crippen molar-refractivity contribution in [2.75, 3.05) is 25.0 Å². The van der Waals surface area contributed by atoms with Crippen LogP contribution >= 0.6 is 0 Å². The van der Waals surface area contributed by atoms with E-state index in [1.165, 1.54) is 24.1 Å². The molecule has 2 saturated heterocycles. The van der Waals surface area contributed by atoms with Crippen molar-refractivity contribution >= 4 is 29.2 Å². The lowest BCUT2D eigenvalue weighted by Gasteiger charge is -2.55. The van der Waals surface area contributed by atoms with Gasteiger partial charge in [0.25, 0.3) is 5.69 Å². The third-order valence-electron chi connectivity index (χ3n) is 6.40. The molecule has 1 aromatic rings. The molecule has 0 saturated carbocycles. The van der Waals surface area contributed by atoms with Crippen LogP contribution in [0.5, 0.6) is 0 Å². The smallest absolute Gasteiger partial charge is 0.333 e. The first-order valence-corrected chi connectivity index (χ1v) is 10.0. The second-order valence-electron chi connectivity index (χ2n) is 8.03. The molecule has 2 fully saturated rings. The van der Waals surface area contributed by atoms with Gasteiger partial charge in [0.1, 0.15) is 0 Å². The van der Waals surface area contributed by atoms with E-state index in [-0.39, 0.29) is 24.7 Å². The summed E-state index contributed by atoms with van der Waals surface area (Å²) in [6.07, 6.45) is 3.12. The predicted molar refractivity (Wildman–Crippen MR) is 104 cm³/mol. The normalized spacial score (nSPS) is 26.6. The highest BCUT2D eigenvalue weighted by molar-refractivity contribution is 6.20. The lowest BCUT2D eigenvalue weighted by Crippen LogP contribution is -2.72. The molecule has 0 aliphatic carbocycles. The molecule has 3 heterocycles. The van der Waals surface area contributed by atoms with Crippen molar-refractivity contribution in [3.8, 4) is 0 Å². The summed E-state index contributed by atoms with van der Waals surface area (Å²) in [6, 6.07) is 3.68. The van der Waals surface area contributed by atoms with E-state index in [4.69, 9.17) is 0 Å². The van der Waals surface area contributed by atoms with Crippen LogP contribution in [0.2, 0.25) is 0 Å². The minimum Gasteiger partial charge on any atom is -0.367 e. The Bertz CT molecular complexity index is 916. The Morgan fingerprint density at radius 3 is 2.66 bits per heavy atom. The van der Waals surface area contributed by atoms with E-state index in [0.29, 0.717) is 24.9 Å². The maximum absolute atomic E-state index is 13.6. The standard InChI is InChI=1S/C20H24N4O5/c1-3-9-23-18(26)20(17(25)21(2)19(23)27)12-13-11-14(24(28)29)7-8-15(13)22-10-5-4-6-16(20)22/h7-8,11,16H,3-6,9-10,12H2,1-2H3/t16-,20+/m1/s1. The summed E-state index contributed by atoms with van der Waals surface area (Å²) in [5.74, 6) is -0.976. The number of rotatable bonds is 3. The largest absolute Gasteiger partial charge is 0.367 e. The molecule has 9 nitrogen and oxygen atoms in total. The average molecular weight is 400 g/mol. The van der Waals surface area contributed by atoms with Crippen LogP contribution in [0.1, 0.15) is 38.2 Å². The summed E-state index contributed by atoms with van der Waals surface area (Å²) >= 11 is 0. The number of fused-ring (bicyclic) bond motifs is 4. The van der Waals surface area contributed by atoms with Gasteiger partial charge in [-0.1, -0.05) is 6.92 Å². The lowest BCUT2D eigenvalue weighted by molar-refractivity contribution is -0.384. The van der Waals surface area contributed by atoms with Crippen molar-refractivity contribution in [2.24, 2.45) is 5.41 Å². The molecule has 0 bridgehead atoms. The number of nitro benzene ring substituents is 1. The highest BCUT2D eigenvalue weighted by Crippen LogP contribution is 2.49. The van der Waals surface area contributed by atoms with Crippen LogP contribution in [0, 0.1) is 15.5 Å². The van der Waals surface area contributed by atoms with Crippen molar-refractivity contribution < 1.29 is 19.3 Å². The Morgan fingerprint density at radius 2 is 1.97 bits per heavy atom. The van der Waals surface area contributed by atoms with Crippen molar-refractivity contribution in [1.29, 1.82) is 0 Å². The van der Waals surface area contributed by atoms with Gasteiger partial charge in [-0.3, -0.25) is 29.5 Å². The fourth-order valence-corrected chi connectivity index (χ4v) is 5.10. The molecule has 2 atom stereocenters. The molecule has 0 unspecified atom stereocenters. The maximum Gasteiger partial charge on any atom is 0.333 e. The molecular formula is C20H24N4O5. The number of urea groups is 1. The van der Waals surface area contributed by atoms with Gasteiger partial charge < -0.3 is 4.90 Å². The van der Waals surface area contributed by atoms with Crippen LogP contribution in [0.25, 0.3) is 0 Å². The summed E-state index contributed by atoms with van der Waals surface area (Å²) in [5, 5.41) is 11.3. The van der Waals surface area contributed by atoms with Gasteiger partial charge in [-0.05, 0) is 37.3 Å². The van der Waals surface area contributed by atoms with Gasteiger partial charge in [-0.15, -0.1) is 0 Å². The first-order valence-electron chi connectivity index (χ1n) is 10.0. The van der Waals surface area contributed by atoms with E-state index >= 15 is 0 Å². The minimum atomic E-state index is -1.43. The van der Waals surface area contributed by atoms with Crippen molar-refractivity contribution in [3.05, 3.63) is 33.9 Å².